The topological polar surface area (TPSA) is 32.3 Å². The number of rotatable bonds is 7. The molecule has 86 valence electrons. The maximum Gasteiger partial charge on any atom is 0.0598 e. The lowest BCUT2D eigenvalue weighted by molar-refractivity contribution is 0.232. The van der Waals surface area contributed by atoms with Gasteiger partial charge in [-0.1, -0.05) is 19.9 Å². The lowest BCUT2D eigenvalue weighted by Crippen LogP contribution is -2.37. The number of thiophene rings is 1. The third-order valence-electron chi connectivity index (χ3n) is 2.00. The molecule has 0 aliphatic rings. The number of aliphatic hydroxyl groups is 1. The van der Waals surface area contributed by atoms with Gasteiger partial charge in [-0.3, -0.25) is 0 Å². The first-order chi connectivity index (χ1) is 7.22. The minimum atomic E-state index is 0.225. The molecule has 1 rings (SSSR count). The number of aliphatic hydroxyl groups excluding tert-OH is 1. The molecule has 2 N–H and O–H groups in total. The largest absolute Gasteiger partial charge is 0.395 e. The molecule has 2 nitrogen and oxygen atoms in total. The zero-order chi connectivity index (χ0) is 11.1. The molecular formula is C11H19NOS2. The lowest BCUT2D eigenvalue weighted by Gasteiger charge is -2.18. The summed E-state index contributed by atoms with van der Waals surface area (Å²) in [6.07, 6.45) is 1.01. The van der Waals surface area contributed by atoms with Crippen molar-refractivity contribution in [3.05, 3.63) is 17.5 Å². The first kappa shape index (κ1) is 13.0. The van der Waals surface area contributed by atoms with Crippen molar-refractivity contribution in [3.63, 3.8) is 0 Å². The zero-order valence-corrected chi connectivity index (χ0v) is 10.9. The van der Waals surface area contributed by atoms with Crippen molar-refractivity contribution in [2.45, 2.75) is 36.6 Å². The molecule has 0 fully saturated rings. The summed E-state index contributed by atoms with van der Waals surface area (Å²) in [5.74, 6) is 1.06. The third kappa shape index (κ3) is 5.56. The maximum absolute atomic E-state index is 9.16. The molecule has 0 spiro atoms. The van der Waals surface area contributed by atoms with E-state index in [0.717, 1.165) is 12.2 Å². The summed E-state index contributed by atoms with van der Waals surface area (Å²) in [6, 6.07) is 4.88. The van der Waals surface area contributed by atoms with Crippen molar-refractivity contribution < 1.29 is 5.11 Å². The Balaban J connectivity index is 2.17. The average molecular weight is 245 g/mol. The van der Waals surface area contributed by atoms with Crippen LogP contribution in [-0.4, -0.2) is 29.5 Å². The summed E-state index contributed by atoms with van der Waals surface area (Å²) in [5, 5.41) is 14.6. The molecule has 1 aromatic heterocycles. The van der Waals surface area contributed by atoms with Crippen molar-refractivity contribution in [2.75, 3.05) is 12.4 Å². The van der Waals surface area contributed by atoms with Gasteiger partial charge >= 0.3 is 0 Å². The van der Waals surface area contributed by atoms with Gasteiger partial charge in [0.05, 0.1) is 10.8 Å². The van der Waals surface area contributed by atoms with Gasteiger partial charge in [-0.05, 0) is 17.9 Å². The normalized spacial score (nSPS) is 13.3. The monoisotopic (exact) mass is 245 g/mol. The van der Waals surface area contributed by atoms with Crippen LogP contribution in [0.2, 0.25) is 0 Å². The molecule has 0 radical (unpaired) electrons. The molecule has 1 unspecified atom stereocenters. The average Bonchev–Trinajstić information content (AvgIpc) is 2.68. The van der Waals surface area contributed by atoms with Crippen LogP contribution >= 0.6 is 23.1 Å². The number of hydrogen-bond donors (Lipinski definition) is 2. The summed E-state index contributed by atoms with van der Waals surface area (Å²) in [7, 11) is 0. The highest BCUT2D eigenvalue weighted by atomic mass is 32.2. The lowest BCUT2D eigenvalue weighted by atomic mass is 10.2. The van der Waals surface area contributed by atoms with E-state index in [0.29, 0.717) is 6.04 Å². The Hall–Kier alpha value is -0.0300. The summed E-state index contributed by atoms with van der Waals surface area (Å²) >= 11 is 3.64. The number of nitrogens with one attached hydrogen (secondary N) is 1. The van der Waals surface area contributed by atoms with E-state index in [4.69, 9.17) is 5.11 Å². The molecule has 0 amide bonds. The second-order valence-electron chi connectivity index (χ2n) is 3.77. The Bertz CT molecular complexity index is 249. The molecule has 1 heterocycles. The first-order valence-corrected chi connectivity index (χ1v) is 7.12. The zero-order valence-electron chi connectivity index (χ0n) is 9.27. The Morgan fingerprint density at radius 2 is 2.33 bits per heavy atom. The molecule has 0 aliphatic carbocycles. The second kappa shape index (κ2) is 7.28. The van der Waals surface area contributed by atoms with Crippen molar-refractivity contribution >= 4 is 23.1 Å². The van der Waals surface area contributed by atoms with E-state index in [1.165, 1.54) is 4.21 Å². The molecule has 1 atom stereocenters. The van der Waals surface area contributed by atoms with E-state index in [-0.39, 0.29) is 12.6 Å². The Morgan fingerprint density at radius 1 is 1.53 bits per heavy atom. The van der Waals surface area contributed by atoms with Gasteiger partial charge in [-0.15, -0.1) is 23.1 Å². The van der Waals surface area contributed by atoms with Crippen LogP contribution in [0.15, 0.2) is 21.7 Å². The minimum Gasteiger partial charge on any atom is -0.395 e. The van der Waals surface area contributed by atoms with Gasteiger partial charge in [-0.2, -0.15) is 0 Å². The highest BCUT2D eigenvalue weighted by molar-refractivity contribution is 8.01. The summed E-state index contributed by atoms with van der Waals surface area (Å²) in [5.41, 5.74) is 0. The molecule has 0 saturated carbocycles. The van der Waals surface area contributed by atoms with Crippen molar-refractivity contribution in [1.82, 2.24) is 5.32 Å². The SMILES string of the molecule is CC(C)NC(CO)CCSc1cccs1. The fourth-order valence-electron chi connectivity index (χ4n) is 1.35. The van der Waals surface area contributed by atoms with Crippen molar-refractivity contribution in [3.8, 4) is 0 Å². The van der Waals surface area contributed by atoms with E-state index >= 15 is 0 Å². The van der Waals surface area contributed by atoms with E-state index < -0.39 is 0 Å². The molecule has 4 heteroatoms. The quantitative estimate of drug-likeness (QED) is 0.724. The fraction of sp³-hybridized carbons (Fsp3) is 0.636. The smallest absolute Gasteiger partial charge is 0.0598 e. The molecule has 1 aromatic rings. The molecule has 0 saturated heterocycles. The van der Waals surface area contributed by atoms with E-state index in [9.17, 15) is 0 Å². The van der Waals surface area contributed by atoms with E-state index in [1.54, 1.807) is 11.3 Å². The highest BCUT2D eigenvalue weighted by Crippen LogP contribution is 2.24. The van der Waals surface area contributed by atoms with Crippen molar-refractivity contribution in [2.24, 2.45) is 0 Å². The molecule has 0 aromatic carbocycles. The van der Waals surface area contributed by atoms with Crippen LogP contribution in [0.25, 0.3) is 0 Å². The highest BCUT2D eigenvalue weighted by Gasteiger charge is 2.08. The van der Waals surface area contributed by atoms with Gasteiger partial charge in [-0.25, -0.2) is 0 Å². The standard InChI is InChI=1S/C11H19NOS2/c1-9(2)12-10(8-13)5-7-15-11-4-3-6-14-11/h3-4,6,9-10,12-13H,5,7-8H2,1-2H3. The molecular weight excluding hydrogens is 226 g/mol. The van der Waals surface area contributed by atoms with Gasteiger partial charge in [0.2, 0.25) is 0 Å². The molecule has 0 aliphatic heterocycles. The maximum atomic E-state index is 9.16. The van der Waals surface area contributed by atoms with Crippen LogP contribution in [0.3, 0.4) is 0 Å². The Labute approximate surface area is 100 Å². The van der Waals surface area contributed by atoms with Gasteiger partial charge < -0.3 is 10.4 Å². The van der Waals surface area contributed by atoms with Crippen LogP contribution in [-0.2, 0) is 0 Å². The molecule has 15 heavy (non-hydrogen) atoms. The number of thioether (sulfide) groups is 1. The van der Waals surface area contributed by atoms with Crippen LogP contribution in [0.5, 0.6) is 0 Å². The third-order valence-corrected chi connectivity index (χ3v) is 4.16. The predicted octanol–water partition coefficient (Wildman–Crippen LogP) is 2.59. The second-order valence-corrected chi connectivity index (χ2v) is 6.11. The van der Waals surface area contributed by atoms with Crippen LogP contribution in [0, 0.1) is 0 Å². The summed E-state index contributed by atoms with van der Waals surface area (Å²) in [4.78, 5) is 0. The Kier molecular flexibility index (Phi) is 6.32. The van der Waals surface area contributed by atoms with Crippen LogP contribution in [0.4, 0.5) is 0 Å². The van der Waals surface area contributed by atoms with Crippen LogP contribution < -0.4 is 5.32 Å². The molecule has 0 bridgehead atoms. The Morgan fingerprint density at radius 3 is 2.87 bits per heavy atom. The summed E-state index contributed by atoms with van der Waals surface area (Å²) in [6.45, 7) is 4.44. The first-order valence-electron chi connectivity index (χ1n) is 5.25. The van der Waals surface area contributed by atoms with Gasteiger partial charge in [0.25, 0.3) is 0 Å². The van der Waals surface area contributed by atoms with Gasteiger partial charge in [0.1, 0.15) is 0 Å². The van der Waals surface area contributed by atoms with Crippen molar-refractivity contribution in [1.29, 1.82) is 0 Å². The van der Waals surface area contributed by atoms with Gasteiger partial charge in [0, 0.05) is 17.8 Å². The summed E-state index contributed by atoms with van der Waals surface area (Å²) < 4.78 is 1.36. The predicted molar refractivity (Wildman–Crippen MR) is 68.8 cm³/mol. The van der Waals surface area contributed by atoms with E-state index in [1.807, 2.05) is 11.8 Å². The van der Waals surface area contributed by atoms with E-state index in [2.05, 4.69) is 36.7 Å². The van der Waals surface area contributed by atoms with Gasteiger partial charge in [0.15, 0.2) is 0 Å². The van der Waals surface area contributed by atoms with Crippen LogP contribution in [0.1, 0.15) is 20.3 Å². The fourth-order valence-corrected chi connectivity index (χ4v) is 3.26. The number of hydrogen-bond acceptors (Lipinski definition) is 4. The minimum absolute atomic E-state index is 0.225.